The fourth-order valence-corrected chi connectivity index (χ4v) is 9.14. The van der Waals surface area contributed by atoms with Crippen molar-refractivity contribution in [1.29, 1.82) is 0 Å². The number of anilines is 2. The van der Waals surface area contributed by atoms with E-state index in [4.69, 9.17) is 20.2 Å². The Balaban J connectivity index is 0.794. The summed E-state index contributed by atoms with van der Waals surface area (Å²) in [4.78, 5) is 18.4. The van der Waals surface area contributed by atoms with Gasteiger partial charge in [0.2, 0.25) is 5.91 Å². The Hall–Kier alpha value is -7.19. The van der Waals surface area contributed by atoms with Crippen molar-refractivity contribution in [3.05, 3.63) is 125 Å². The van der Waals surface area contributed by atoms with Crippen molar-refractivity contribution >= 4 is 28.3 Å². The molecule has 1 unspecified atom stereocenters. The number of alkyl halides is 2. The number of aliphatic hydroxyl groups excluding tert-OH is 2. The van der Waals surface area contributed by atoms with E-state index in [0.29, 0.717) is 71.6 Å². The number of carbonyl (C=O) groups is 1. The smallest absolute Gasteiger partial charge is 0.508 e. The molecule has 0 saturated heterocycles. The van der Waals surface area contributed by atoms with Gasteiger partial charge in [-0.1, -0.05) is 56.3 Å². The lowest BCUT2D eigenvalue weighted by molar-refractivity contribution is -0.286. The molecular formula is C52H54F3N7O9. The van der Waals surface area contributed by atoms with Gasteiger partial charge >= 0.3 is 6.29 Å². The molecule has 1 fully saturated rings. The Bertz CT molecular complexity index is 3080. The number of carbonyl (C=O) groups excluding carboxylic acids is 1. The fourth-order valence-electron chi connectivity index (χ4n) is 9.14. The molecule has 2 aliphatic rings. The van der Waals surface area contributed by atoms with Crippen molar-refractivity contribution in [1.82, 2.24) is 24.5 Å². The molecule has 372 valence electrons. The summed E-state index contributed by atoms with van der Waals surface area (Å²) in [6, 6.07) is 22.4. The van der Waals surface area contributed by atoms with E-state index in [1.54, 1.807) is 57.9 Å². The molecule has 3 aromatic heterocycles. The number of ether oxygens (including phenoxy) is 4. The van der Waals surface area contributed by atoms with Gasteiger partial charge in [0.15, 0.2) is 11.5 Å². The molecule has 0 spiro atoms. The molecule has 9 rings (SSSR count). The average Bonchev–Trinajstić information content (AvgIpc) is 3.76. The molecule has 1 amide bonds. The normalized spacial score (nSPS) is 15.0. The van der Waals surface area contributed by atoms with Gasteiger partial charge in [0.1, 0.15) is 28.8 Å². The first-order valence-electron chi connectivity index (χ1n) is 23.3. The third kappa shape index (κ3) is 10.2. The van der Waals surface area contributed by atoms with Crippen LogP contribution in [0.4, 0.5) is 24.7 Å². The number of rotatable bonds is 20. The first-order chi connectivity index (χ1) is 34.0. The molecular weight excluding hydrogens is 924 g/mol. The predicted molar refractivity (Wildman–Crippen MR) is 256 cm³/mol. The van der Waals surface area contributed by atoms with Crippen molar-refractivity contribution < 1.29 is 57.3 Å². The van der Waals surface area contributed by atoms with Gasteiger partial charge in [0, 0.05) is 46.8 Å². The molecule has 0 radical (unpaired) electrons. The van der Waals surface area contributed by atoms with Crippen LogP contribution in [-0.2, 0) is 57.8 Å². The van der Waals surface area contributed by atoms with Crippen LogP contribution in [0.25, 0.3) is 33.2 Å². The van der Waals surface area contributed by atoms with Crippen LogP contribution in [0.2, 0.25) is 0 Å². The summed E-state index contributed by atoms with van der Waals surface area (Å²) in [7, 11) is 0. The zero-order valence-corrected chi connectivity index (χ0v) is 39.3. The highest BCUT2D eigenvalue weighted by molar-refractivity contribution is 6.03. The van der Waals surface area contributed by atoms with Crippen LogP contribution < -0.4 is 20.5 Å². The number of benzene rings is 4. The maximum atomic E-state index is 15.9. The second-order valence-electron chi connectivity index (χ2n) is 18.6. The molecule has 19 heteroatoms. The number of phenols is 2. The average molecular weight is 978 g/mol. The fraction of sp³-hybridized carbons (Fsp3) is 0.346. The number of nitrogens with one attached hydrogen (secondary N) is 1. The highest BCUT2D eigenvalue weighted by Crippen LogP contribution is 2.52. The van der Waals surface area contributed by atoms with Gasteiger partial charge in [0.25, 0.3) is 0 Å². The number of nitrogens with two attached hydrogens (primary N) is 1. The first-order valence-corrected chi connectivity index (χ1v) is 23.3. The molecule has 0 bridgehead atoms. The number of nitrogen functional groups attached to an aromatic ring is 1. The van der Waals surface area contributed by atoms with Gasteiger partial charge < -0.3 is 55.0 Å². The van der Waals surface area contributed by atoms with Crippen LogP contribution in [0.15, 0.2) is 91.1 Å². The van der Waals surface area contributed by atoms with Crippen LogP contribution in [0, 0.1) is 5.82 Å². The summed E-state index contributed by atoms with van der Waals surface area (Å²) >= 11 is 0. The van der Waals surface area contributed by atoms with Crippen molar-refractivity contribution in [3.8, 4) is 45.3 Å². The number of aryl methyl sites for hydroxylation is 1. The molecule has 1 aliphatic heterocycles. The van der Waals surface area contributed by atoms with E-state index in [9.17, 15) is 34.0 Å². The zero-order chi connectivity index (χ0) is 50.2. The van der Waals surface area contributed by atoms with Gasteiger partial charge in [-0.3, -0.25) is 9.48 Å². The molecule has 16 nitrogen and oxygen atoms in total. The zero-order valence-electron chi connectivity index (χ0n) is 39.3. The Morgan fingerprint density at radius 2 is 1.62 bits per heavy atom. The number of pyridine rings is 1. The molecule has 4 aromatic carbocycles. The number of phenolic OH excluding ortho intramolecular Hbond substituents is 2. The highest BCUT2D eigenvalue weighted by atomic mass is 19.3. The number of nitrogens with zero attached hydrogens (tertiary/aromatic N) is 5. The standard InChI is InChI=1S/C52H54F3N7O9/c1-4-38-46(30-6-11-35(64)12-7-30)41(57-48(56)47(38)31-8-13-36(65)14-9-31)28-69-26-34-24-61(60-59-34)18-5-19-68-27-37(66)25-62-42-23-39(53)40(20-32(42)21-45(62)50(2,3)29-63)58-49(67)51(16-17-51)33-10-15-43-44(22-33)71-52(54,55)70-43/h6-15,20-24,37,63-66H,4-5,16-19,25-29H2,1-3H3,(H2,56,57)(H,58,67). The summed E-state index contributed by atoms with van der Waals surface area (Å²) in [6.45, 7) is 6.42. The lowest BCUT2D eigenvalue weighted by Gasteiger charge is -2.26. The van der Waals surface area contributed by atoms with Crippen molar-refractivity contribution in [2.75, 3.05) is 30.9 Å². The number of aliphatic hydroxyl groups is 2. The van der Waals surface area contributed by atoms with E-state index in [2.05, 4.69) is 25.1 Å². The monoisotopic (exact) mass is 977 g/mol. The molecule has 7 N–H and O–H groups in total. The Kier molecular flexibility index (Phi) is 13.4. The molecule has 1 aliphatic carbocycles. The van der Waals surface area contributed by atoms with Gasteiger partial charge in [-0.15, -0.1) is 13.9 Å². The molecule has 4 heterocycles. The van der Waals surface area contributed by atoms with Crippen LogP contribution in [0.5, 0.6) is 23.0 Å². The molecule has 7 aromatic rings. The van der Waals surface area contributed by atoms with E-state index < -0.39 is 35.0 Å². The third-order valence-corrected chi connectivity index (χ3v) is 13.0. The molecule has 1 saturated carbocycles. The number of amides is 1. The topological polar surface area (TPSA) is 221 Å². The van der Waals surface area contributed by atoms with Crippen LogP contribution in [-0.4, -0.2) is 83.1 Å². The van der Waals surface area contributed by atoms with Gasteiger partial charge in [-0.2, -0.15) is 0 Å². The summed E-state index contributed by atoms with van der Waals surface area (Å²) in [6.07, 6.45) is -1.04. The van der Waals surface area contributed by atoms with Crippen LogP contribution in [0.3, 0.4) is 0 Å². The van der Waals surface area contributed by atoms with Crippen molar-refractivity contribution in [2.45, 2.75) is 96.0 Å². The summed E-state index contributed by atoms with van der Waals surface area (Å²) < 4.78 is 67.7. The van der Waals surface area contributed by atoms with Crippen LogP contribution in [0.1, 0.15) is 68.2 Å². The largest absolute Gasteiger partial charge is 0.586 e. The summed E-state index contributed by atoms with van der Waals surface area (Å²) in [5, 5.41) is 53.2. The minimum atomic E-state index is -3.81. The van der Waals surface area contributed by atoms with E-state index in [1.807, 2.05) is 32.9 Å². The number of hydrogen-bond acceptors (Lipinski definition) is 13. The third-order valence-electron chi connectivity index (χ3n) is 13.0. The number of aromatic nitrogens is 5. The van der Waals surface area contributed by atoms with E-state index >= 15 is 4.39 Å². The Labute approximate surface area is 406 Å². The number of halogens is 3. The highest BCUT2D eigenvalue weighted by Gasteiger charge is 2.53. The van der Waals surface area contributed by atoms with Gasteiger partial charge in [0.05, 0.1) is 67.6 Å². The maximum Gasteiger partial charge on any atom is 0.586 e. The molecule has 71 heavy (non-hydrogen) atoms. The number of fused-ring (bicyclic) bond motifs is 2. The van der Waals surface area contributed by atoms with E-state index in [0.717, 1.165) is 27.8 Å². The van der Waals surface area contributed by atoms with Gasteiger partial charge in [-0.25, -0.2) is 9.37 Å². The quantitative estimate of drug-likeness (QED) is 0.0398. The van der Waals surface area contributed by atoms with Crippen molar-refractivity contribution in [2.24, 2.45) is 0 Å². The minimum Gasteiger partial charge on any atom is -0.508 e. The second kappa shape index (κ2) is 19.5. The second-order valence-corrected chi connectivity index (χ2v) is 18.6. The summed E-state index contributed by atoms with van der Waals surface area (Å²) in [5.74, 6) is -0.955. The van der Waals surface area contributed by atoms with Crippen LogP contribution >= 0.6 is 0 Å². The predicted octanol–water partition coefficient (Wildman–Crippen LogP) is 8.10. The summed E-state index contributed by atoms with van der Waals surface area (Å²) in [5.41, 5.74) is 11.5. The minimum absolute atomic E-state index is 0.0208. The van der Waals surface area contributed by atoms with Gasteiger partial charge in [-0.05, 0) is 96.5 Å². The Morgan fingerprint density at radius 1 is 0.930 bits per heavy atom. The number of hydrogen-bond donors (Lipinski definition) is 6. The van der Waals surface area contributed by atoms with E-state index in [-0.39, 0.29) is 68.3 Å². The van der Waals surface area contributed by atoms with E-state index in [1.165, 1.54) is 30.3 Å². The SMILES string of the molecule is CCc1c(-c2ccc(O)cc2)c(N)nc(COCc2cn(CCCOCC(O)Cn3c(C(C)(C)CO)cc4cc(NC(=O)C5(c6ccc7c(c6)OC(F)(F)O7)CC5)c(F)cc43)nn2)c1-c1ccc(O)cc1. The van der Waals surface area contributed by atoms with Crippen molar-refractivity contribution in [3.63, 3.8) is 0 Å². The molecule has 1 atom stereocenters. The lowest BCUT2D eigenvalue weighted by Crippen LogP contribution is -2.30. The first kappa shape index (κ1) is 48.8. The lowest BCUT2D eigenvalue weighted by atomic mass is 9.89. The Morgan fingerprint density at radius 3 is 2.30 bits per heavy atom. The maximum absolute atomic E-state index is 15.9. The number of aromatic hydroxyl groups is 2.